The topological polar surface area (TPSA) is 93.1 Å². The van der Waals surface area contributed by atoms with E-state index in [1.807, 2.05) is 13.0 Å². The Bertz CT molecular complexity index is 448. The normalized spacial score (nSPS) is 20.2. The Kier molecular flexibility index (Phi) is 17.2. The molecule has 1 rings (SSSR count). The molecule has 1 aliphatic heterocycles. The average Bonchev–Trinajstić information content (AvgIpc) is 2.61. The molecule has 2 atom stereocenters. The molecule has 1 aliphatic rings. The molecule has 0 amide bonds. The Morgan fingerprint density at radius 1 is 1.33 bits per heavy atom. The van der Waals surface area contributed by atoms with Gasteiger partial charge in [0.15, 0.2) is 5.41 Å². The van der Waals surface area contributed by atoms with Gasteiger partial charge in [0.1, 0.15) is 6.61 Å². The van der Waals surface area contributed by atoms with Gasteiger partial charge < -0.3 is 19.7 Å². The van der Waals surface area contributed by atoms with Crippen LogP contribution >= 0.6 is 0 Å². The molecule has 0 aromatic heterocycles. The van der Waals surface area contributed by atoms with E-state index in [1.54, 1.807) is 6.92 Å². The molecule has 1 unspecified atom stereocenters. The summed E-state index contributed by atoms with van der Waals surface area (Å²) in [6.45, 7) is 11.5. The predicted molar refractivity (Wildman–Crippen MR) is 109 cm³/mol. The molecule has 0 aliphatic carbocycles. The van der Waals surface area contributed by atoms with E-state index in [2.05, 4.69) is 13.2 Å². The molecule has 0 aromatic rings. The van der Waals surface area contributed by atoms with Crippen molar-refractivity contribution >= 4 is 11.9 Å². The van der Waals surface area contributed by atoms with Crippen LogP contribution < -0.4 is 0 Å². The fourth-order valence-electron chi connectivity index (χ4n) is 2.43. The standard InChI is InChI=1S/C10H14O4.C9H18O2.2CH4/c1-3-6-13-8(11)10(2)5-4-7-14-9(10)12;1-3-5-9(2,8-11)6-4-7-10;;/h3H,1,4-7H2,2H3;3,10-11H,1,4-8H2,2H3;2*1H4/t;9-;;/m.1../s1. The minimum absolute atomic E-state index is 0. The Morgan fingerprint density at radius 2 is 1.96 bits per heavy atom. The highest BCUT2D eigenvalue weighted by molar-refractivity contribution is 5.99. The lowest BCUT2D eigenvalue weighted by atomic mass is 9.83. The molecule has 1 heterocycles. The Morgan fingerprint density at radius 3 is 2.41 bits per heavy atom. The van der Waals surface area contributed by atoms with Crippen LogP contribution in [0.25, 0.3) is 0 Å². The summed E-state index contributed by atoms with van der Waals surface area (Å²) in [6.07, 6.45) is 6.89. The first-order valence-corrected chi connectivity index (χ1v) is 8.57. The lowest BCUT2D eigenvalue weighted by Crippen LogP contribution is -2.42. The van der Waals surface area contributed by atoms with Crippen molar-refractivity contribution in [1.82, 2.24) is 0 Å². The van der Waals surface area contributed by atoms with E-state index in [0.29, 0.717) is 19.4 Å². The van der Waals surface area contributed by atoms with E-state index in [1.165, 1.54) is 6.08 Å². The SMILES string of the molecule is C.C.C=CCOC(=O)C1(C)CCCOC1=O.C=CC[C@@](C)(CO)CCCO. The van der Waals surface area contributed by atoms with Crippen molar-refractivity contribution in [3.63, 3.8) is 0 Å². The summed E-state index contributed by atoms with van der Waals surface area (Å²) in [6, 6.07) is 0. The third-order valence-electron chi connectivity index (χ3n) is 4.24. The van der Waals surface area contributed by atoms with Crippen molar-refractivity contribution in [2.45, 2.75) is 60.8 Å². The number of rotatable bonds is 9. The van der Waals surface area contributed by atoms with E-state index >= 15 is 0 Å². The summed E-state index contributed by atoms with van der Waals surface area (Å²) in [7, 11) is 0. The summed E-state index contributed by atoms with van der Waals surface area (Å²) in [5.74, 6) is -1.01. The van der Waals surface area contributed by atoms with Crippen molar-refractivity contribution in [2.24, 2.45) is 10.8 Å². The number of carbonyl (C=O) groups excluding carboxylic acids is 2. The van der Waals surface area contributed by atoms with E-state index < -0.39 is 17.4 Å². The zero-order valence-corrected chi connectivity index (χ0v) is 15.5. The molecule has 160 valence electrons. The van der Waals surface area contributed by atoms with E-state index in [4.69, 9.17) is 19.7 Å². The van der Waals surface area contributed by atoms with Crippen LogP contribution in [0.4, 0.5) is 0 Å². The maximum absolute atomic E-state index is 11.5. The molecule has 0 radical (unpaired) electrons. The molecule has 0 aromatic carbocycles. The average molecular weight is 389 g/mol. The number of carbonyl (C=O) groups is 2. The maximum Gasteiger partial charge on any atom is 0.323 e. The summed E-state index contributed by atoms with van der Waals surface area (Å²) in [4.78, 5) is 22.9. The zero-order valence-electron chi connectivity index (χ0n) is 15.5. The van der Waals surface area contributed by atoms with Crippen molar-refractivity contribution < 1.29 is 29.3 Å². The molecule has 27 heavy (non-hydrogen) atoms. The van der Waals surface area contributed by atoms with Crippen LogP contribution in [0.15, 0.2) is 25.3 Å². The minimum atomic E-state index is -1.12. The van der Waals surface area contributed by atoms with Crippen LogP contribution in [0.5, 0.6) is 0 Å². The van der Waals surface area contributed by atoms with Crippen molar-refractivity contribution in [3.8, 4) is 0 Å². The van der Waals surface area contributed by atoms with Crippen LogP contribution in [0, 0.1) is 10.8 Å². The smallest absolute Gasteiger partial charge is 0.323 e. The maximum atomic E-state index is 11.5. The van der Waals surface area contributed by atoms with Crippen molar-refractivity contribution in [3.05, 3.63) is 25.3 Å². The number of cyclic esters (lactones) is 1. The Labute approximate surface area is 165 Å². The van der Waals surface area contributed by atoms with Crippen molar-refractivity contribution in [1.29, 1.82) is 0 Å². The van der Waals surface area contributed by atoms with Gasteiger partial charge in [-0.1, -0.05) is 40.5 Å². The lowest BCUT2D eigenvalue weighted by Gasteiger charge is -2.28. The fraction of sp³-hybridized carbons (Fsp3) is 0.714. The summed E-state index contributed by atoms with van der Waals surface area (Å²) in [5.41, 5.74) is -1.20. The van der Waals surface area contributed by atoms with Crippen LogP contribution in [-0.4, -0.2) is 48.6 Å². The van der Waals surface area contributed by atoms with Crippen LogP contribution in [0.2, 0.25) is 0 Å². The molecule has 1 saturated heterocycles. The first-order chi connectivity index (χ1) is 11.8. The fourth-order valence-corrected chi connectivity index (χ4v) is 2.43. The summed E-state index contributed by atoms with van der Waals surface area (Å²) >= 11 is 0. The number of hydrogen-bond donors (Lipinski definition) is 2. The monoisotopic (exact) mass is 388 g/mol. The van der Waals surface area contributed by atoms with Gasteiger partial charge in [-0.05, 0) is 44.4 Å². The second-order valence-corrected chi connectivity index (χ2v) is 6.75. The van der Waals surface area contributed by atoms with E-state index in [9.17, 15) is 9.59 Å². The summed E-state index contributed by atoms with van der Waals surface area (Å²) in [5, 5.41) is 17.6. The van der Waals surface area contributed by atoms with Gasteiger partial charge in [-0.15, -0.1) is 6.58 Å². The zero-order chi connectivity index (χ0) is 19.3. The molecule has 6 nitrogen and oxygen atoms in total. The second-order valence-electron chi connectivity index (χ2n) is 6.75. The number of esters is 2. The molecule has 0 bridgehead atoms. The highest BCUT2D eigenvalue weighted by Crippen LogP contribution is 2.30. The lowest BCUT2D eigenvalue weighted by molar-refractivity contribution is -0.175. The molecule has 0 spiro atoms. The number of ether oxygens (including phenoxy) is 2. The number of aliphatic hydroxyl groups excluding tert-OH is 2. The van der Waals surface area contributed by atoms with Crippen molar-refractivity contribution in [2.75, 3.05) is 26.4 Å². The van der Waals surface area contributed by atoms with Gasteiger partial charge in [0.25, 0.3) is 0 Å². The second kappa shape index (κ2) is 15.4. The Hall–Kier alpha value is -1.66. The largest absolute Gasteiger partial charge is 0.465 e. The molecule has 0 saturated carbocycles. The van der Waals surface area contributed by atoms with Gasteiger partial charge >= 0.3 is 11.9 Å². The molecule has 6 heteroatoms. The van der Waals surface area contributed by atoms with Gasteiger partial charge in [0, 0.05) is 13.2 Å². The number of allylic oxidation sites excluding steroid dienone is 1. The molecular formula is C21H40O6. The van der Waals surface area contributed by atoms with Gasteiger partial charge in [0.05, 0.1) is 6.61 Å². The van der Waals surface area contributed by atoms with Gasteiger partial charge in [-0.3, -0.25) is 9.59 Å². The third kappa shape index (κ3) is 10.3. The van der Waals surface area contributed by atoms with Gasteiger partial charge in [-0.25, -0.2) is 0 Å². The highest BCUT2D eigenvalue weighted by Gasteiger charge is 2.45. The molecule has 2 N–H and O–H groups in total. The van der Waals surface area contributed by atoms with Crippen LogP contribution in [-0.2, 0) is 19.1 Å². The van der Waals surface area contributed by atoms with Crippen LogP contribution in [0.3, 0.4) is 0 Å². The predicted octanol–water partition coefficient (Wildman–Crippen LogP) is 3.66. The minimum Gasteiger partial charge on any atom is -0.465 e. The van der Waals surface area contributed by atoms with Gasteiger partial charge in [-0.2, -0.15) is 0 Å². The third-order valence-corrected chi connectivity index (χ3v) is 4.24. The first kappa shape index (κ1) is 30.1. The van der Waals surface area contributed by atoms with E-state index in [-0.39, 0.29) is 40.1 Å². The number of hydrogen-bond acceptors (Lipinski definition) is 6. The highest BCUT2D eigenvalue weighted by atomic mass is 16.6. The molecular weight excluding hydrogens is 348 g/mol. The Balaban J connectivity index is -0.000000408. The number of aliphatic hydroxyl groups is 2. The molecule has 1 fully saturated rings. The first-order valence-electron chi connectivity index (χ1n) is 8.57. The van der Waals surface area contributed by atoms with E-state index in [0.717, 1.165) is 19.3 Å². The van der Waals surface area contributed by atoms with Crippen LogP contribution in [0.1, 0.15) is 60.8 Å². The quantitative estimate of drug-likeness (QED) is 0.356. The summed E-state index contributed by atoms with van der Waals surface area (Å²) < 4.78 is 9.68. The van der Waals surface area contributed by atoms with Gasteiger partial charge in [0.2, 0.25) is 0 Å².